The third-order valence-electron chi connectivity index (χ3n) is 5.61. The molecule has 6 nitrogen and oxygen atoms in total. The van der Waals surface area contributed by atoms with Gasteiger partial charge in [-0.1, -0.05) is 6.07 Å². The van der Waals surface area contributed by atoms with Gasteiger partial charge >= 0.3 is 0 Å². The Morgan fingerprint density at radius 1 is 1.21 bits per heavy atom. The van der Waals surface area contributed by atoms with E-state index in [2.05, 4.69) is 27.1 Å². The smallest absolute Gasteiger partial charge is 0.230 e. The second kappa shape index (κ2) is 7.39. The van der Waals surface area contributed by atoms with Crippen molar-refractivity contribution in [1.82, 2.24) is 19.9 Å². The van der Waals surface area contributed by atoms with E-state index in [9.17, 15) is 4.39 Å². The van der Waals surface area contributed by atoms with Crippen LogP contribution in [-0.4, -0.2) is 34.2 Å². The lowest BCUT2D eigenvalue weighted by atomic mass is 10.00. The van der Waals surface area contributed by atoms with Crippen molar-refractivity contribution in [3.8, 4) is 0 Å². The van der Waals surface area contributed by atoms with Gasteiger partial charge < -0.3 is 16.0 Å². The zero-order valence-corrected chi connectivity index (χ0v) is 15.8. The van der Waals surface area contributed by atoms with Crippen LogP contribution in [0.2, 0.25) is 0 Å². The lowest BCUT2D eigenvalue weighted by molar-refractivity contribution is 0.392. The van der Waals surface area contributed by atoms with Crippen molar-refractivity contribution in [3.63, 3.8) is 0 Å². The third kappa shape index (κ3) is 3.67. The monoisotopic (exact) mass is 380 g/mol. The van der Waals surface area contributed by atoms with E-state index in [4.69, 9.17) is 4.98 Å². The van der Waals surface area contributed by atoms with Gasteiger partial charge in [-0.25, -0.2) is 4.39 Å². The molecule has 1 aliphatic carbocycles. The topological polar surface area (TPSA) is 66.3 Å². The Hall–Kier alpha value is -2.67. The van der Waals surface area contributed by atoms with Crippen LogP contribution in [0.15, 0.2) is 36.5 Å². The summed E-state index contributed by atoms with van der Waals surface area (Å²) in [4.78, 5) is 4.74. The molecule has 2 fully saturated rings. The average molecular weight is 380 g/mol. The molecular formula is C21H25FN6. The van der Waals surface area contributed by atoms with Gasteiger partial charge in [-0.05, 0) is 68.8 Å². The molecule has 0 spiro atoms. The fraction of sp³-hybridized carbons (Fsp3) is 0.429. The van der Waals surface area contributed by atoms with Crippen LogP contribution in [0.25, 0.3) is 5.52 Å². The maximum Gasteiger partial charge on any atom is 0.230 e. The number of rotatable bonds is 6. The normalized spacial score (nSPS) is 19.7. The molecule has 1 saturated carbocycles. The fourth-order valence-corrected chi connectivity index (χ4v) is 3.93. The molecule has 0 radical (unpaired) electrons. The second-order valence-corrected chi connectivity index (χ2v) is 7.86. The van der Waals surface area contributed by atoms with Crippen LogP contribution >= 0.6 is 0 Å². The van der Waals surface area contributed by atoms with Gasteiger partial charge in [0.1, 0.15) is 11.6 Å². The summed E-state index contributed by atoms with van der Waals surface area (Å²) in [5, 5.41) is 14.8. The van der Waals surface area contributed by atoms with Crippen LogP contribution in [0, 0.1) is 11.7 Å². The zero-order chi connectivity index (χ0) is 18.9. The molecule has 1 aromatic carbocycles. The van der Waals surface area contributed by atoms with E-state index in [1.807, 2.05) is 16.8 Å². The minimum absolute atomic E-state index is 0.278. The van der Waals surface area contributed by atoms with Gasteiger partial charge in [-0.2, -0.15) is 14.6 Å². The number of halogens is 1. The van der Waals surface area contributed by atoms with Crippen LogP contribution in [0.4, 0.5) is 21.8 Å². The van der Waals surface area contributed by atoms with E-state index in [0.717, 1.165) is 31.0 Å². The van der Waals surface area contributed by atoms with Crippen molar-refractivity contribution in [2.45, 2.75) is 31.6 Å². The van der Waals surface area contributed by atoms with Crippen LogP contribution < -0.4 is 16.0 Å². The molecule has 0 amide bonds. The zero-order valence-electron chi connectivity index (χ0n) is 15.8. The SMILES string of the molecule is Fc1cccc(Nc2nc(NC[C@H]3CCCNC3)cc3c(C4CC4)cnn23)c1. The van der Waals surface area contributed by atoms with Gasteiger partial charge in [0.2, 0.25) is 5.95 Å². The molecular weight excluding hydrogens is 355 g/mol. The Kier molecular flexibility index (Phi) is 4.60. The Labute approximate surface area is 163 Å². The highest BCUT2D eigenvalue weighted by atomic mass is 19.1. The molecule has 28 heavy (non-hydrogen) atoms. The Morgan fingerprint density at radius 3 is 2.93 bits per heavy atom. The van der Waals surface area contributed by atoms with Crippen molar-refractivity contribution in [3.05, 3.63) is 47.9 Å². The molecule has 3 heterocycles. The Morgan fingerprint density at radius 2 is 2.14 bits per heavy atom. The first-order valence-electron chi connectivity index (χ1n) is 10.1. The van der Waals surface area contributed by atoms with E-state index in [0.29, 0.717) is 23.5 Å². The Balaban J connectivity index is 1.46. The molecule has 2 aromatic heterocycles. The van der Waals surface area contributed by atoms with Crippen molar-refractivity contribution >= 4 is 23.0 Å². The molecule has 3 N–H and O–H groups in total. The number of fused-ring (bicyclic) bond motifs is 1. The summed E-state index contributed by atoms with van der Waals surface area (Å²) in [6.07, 6.45) is 6.83. The van der Waals surface area contributed by atoms with Crippen LogP contribution in [0.1, 0.15) is 37.2 Å². The van der Waals surface area contributed by atoms with Crippen molar-refractivity contribution in [2.24, 2.45) is 5.92 Å². The van der Waals surface area contributed by atoms with E-state index < -0.39 is 0 Å². The standard InChI is InChI=1S/C21H25FN6/c22-16-4-1-5-17(9-16)26-21-27-20(24-12-14-3-2-8-23-11-14)10-19-18(15-6-7-15)13-25-28(19)21/h1,4-5,9-10,13-15,23-24H,2-3,6-8,11-12H2,(H,26,27)/t14-/m0/s1. The van der Waals surface area contributed by atoms with Crippen LogP contribution in [0.5, 0.6) is 0 Å². The van der Waals surface area contributed by atoms with E-state index in [1.165, 1.54) is 43.4 Å². The highest BCUT2D eigenvalue weighted by Gasteiger charge is 2.27. The highest BCUT2D eigenvalue weighted by Crippen LogP contribution is 2.42. The summed E-state index contributed by atoms with van der Waals surface area (Å²) < 4.78 is 15.4. The minimum atomic E-state index is -0.278. The maximum atomic E-state index is 13.6. The molecule has 5 rings (SSSR count). The fourth-order valence-electron chi connectivity index (χ4n) is 3.93. The predicted molar refractivity (Wildman–Crippen MR) is 109 cm³/mol. The lowest BCUT2D eigenvalue weighted by Crippen LogP contribution is -2.33. The van der Waals surface area contributed by atoms with Gasteiger partial charge in [-0.15, -0.1) is 0 Å². The maximum absolute atomic E-state index is 13.6. The number of hydrogen-bond donors (Lipinski definition) is 3. The molecule has 7 heteroatoms. The summed E-state index contributed by atoms with van der Waals surface area (Å²) >= 11 is 0. The average Bonchev–Trinajstić information content (AvgIpc) is 3.46. The van der Waals surface area contributed by atoms with Gasteiger partial charge in [-0.3, -0.25) is 0 Å². The highest BCUT2D eigenvalue weighted by molar-refractivity contribution is 5.67. The van der Waals surface area contributed by atoms with Gasteiger partial charge in [0.05, 0.1) is 11.7 Å². The molecule has 0 bridgehead atoms. The van der Waals surface area contributed by atoms with E-state index in [1.54, 1.807) is 6.07 Å². The molecule has 146 valence electrons. The quantitative estimate of drug-likeness (QED) is 0.605. The first-order valence-corrected chi connectivity index (χ1v) is 10.1. The summed E-state index contributed by atoms with van der Waals surface area (Å²) in [5.74, 6) is 2.36. The first kappa shape index (κ1) is 17.4. The van der Waals surface area contributed by atoms with E-state index in [-0.39, 0.29) is 5.82 Å². The molecule has 1 atom stereocenters. The summed E-state index contributed by atoms with van der Waals surface area (Å²) in [5.41, 5.74) is 3.00. The summed E-state index contributed by atoms with van der Waals surface area (Å²) in [7, 11) is 0. The summed E-state index contributed by atoms with van der Waals surface area (Å²) in [6.45, 7) is 3.05. The number of hydrogen-bond acceptors (Lipinski definition) is 5. The van der Waals surface area contributed by atoms with Crippen molar-refractivity contribution in [2.75, 3.05) is 30.3 Å². The lowest BCUT2D eigenvalue weighted by Gasteiger charge is -2.23. The first-order chi connectivity index (χ1) is 13.8. The third-order valence-corrected chi connectivity index (χ3v) is 5.61. The van der Waals surface area contributed by atoms with Crippen molar-refractivity contribution < 1.29 is 4.39 Å². The van der Waals surface area contributed by atoms with E-state index >= 15 is 0 Å². The number of nitrogens with one attached hydrogen (secondary N) is 3. The van der Waals surface area contributed by atoms with Crippen LogP contribution in [-0.2, 0) is 0 Å². The molecule has 1 aliphatic heterocycles. The van der Waals surface area contributed by atoms with Gasteiger partial charge in [0.15, 0.2) is 0 Å². The second-order valence-electron chi connectivity index (χ2n) is 7.86. The number of benzene rings is 1. The Bertz CT molecular complexity index is 974. The van der Waals surface area contributed by atoms with Gasteiger partial charge in [0.25, 0.3) is 0 Å². The molecule has 1 saturated heterocycles. The molecule has 0 unspecified atom stereocenters. The number of aromatic nitrogens is 3. The number of nitrogens with zero attached hydrogens (tertiary/aromatic N) is 3. The number of anilines is 3. The molecule has 2 aliphatic rings. The van der Waals surface area contributed by atoms with Crippen molar-refractivity contribution in [1.29, 1.82) is 0 Å². The van der Waals surface area contributed by atoms with Crippen LogP contribution in [0.3, 0.4) is 0 Å². The summed E-state index contributed by atoms with van der Waals surface area (Å²) in [6, 6.07) is 8.51. The van der Waals surface area contributed by atoms with Gasteiger partial charge in [0, 0.05) is 23.9 Å². The molecule has 3 aromatic rings. The number of piperidine rings is 1. The minimum Gasteiger partial charge on any atom is -0.370 e. The largest absolute Gasteiger partial charge is 0.370 e. The predicted octanol–water partition coefficient (Wildman–Crippen LogP) is 3.90.